The predicted molar refractivity (Wildman–Crippen MR) is 79.2 cm³/mol. The van der Waals surface area contributed by atoms with Crippen LogP contribution in [-0.2, 0) is 4.74 Å². The zero-order valence-corrected chi connectivity index (χ0v) is 12.9. The molecular weight excluding hydrogens is 314 g/mol. The molecule has 2 rings (SSSR count). The average Bonchev–Trinajstić information content (AvgIpc) is 2.81. The topological polar surface area (TPSA) is 21.3 Å². The Kier molecular flexibility index (Phi) is 5.49. The minimum atomic E-state index is 0.337. The molecule has 0 radical (unpaired) electrons. The molecule has 1 heterocycles. The van der Waals surface area contributed by atoms with Crippen LogP contribution >= 0.6 is 27.5 Å². The first-order valence-electron chi connectivity index (χ1n) is 6.44. The molecule has 1 N–H and O–H groups in total. The number of nitrogens with one attached hydrogen (secondary N) is 1. The molecule has 0 spiro atoms. The van der Waals surface area contributed by atoms with Crippen LogP contribution in [0, 0.1) is 0 Å². The van der Waals surface area contributed by atoms with Crippen LogP contribution in [0.2, 0.25) is 5.02 Å². The third kappa shape index (κ3) is 3.95. The van der Waals surface area contributed by atoms with Crippen LogP contribution in [0.5, 0.6) is 0 Å². The number of rotatable bonds is 5. The van der Waals surface area contributed by atoms with Gasteiger partial charge in [0.1, 0.15) is 0 Å². The highest BCUT2D eigenvalue weighted by atomic mass is 79.9. The summed E-state index contributed by atoms with van der Waals surface area (Å²) in [7, 11) is 2.00. The third-order valence-electron chi connectivity index (χ3n) is 3.44. The molecule has 1 fully saturated rings. The van der Waals surface area contributed by atoms with Crippen molar-refractivity contribution < 1.29 is 4.74 Å². The van der Waals surface area contributed by atoms with Crippen LogP contribution in [0.1, 0.15) is 37.3 Å². The van der Waals surface area contributed by atoms with Gasteiger partial charge in [-0.15, -0.1) is 0 Å². The fraction of sp³-hybridized carbons (Fsp3) is 0.571. The highest BCUT2D eigenvalue weighted by molar-refractivity contribution is 9.10. The molecule has 2 unspecified atom stereocenters. The van der Waals surface area contributed by atoms with E-state index in [9.17, 15) is 0 Å². The largest absolute Gasteiger partial charge is 0.378 e. The first-order chi connectivity index (χ1) is 8.69. The van der Waals surface area contributed by atoms with Crippen molar-refractivity contribution in [2.24, 2.45) is 0 Å². The Bertz CT molecular complexity index is 373. The average molecular weight is 333 g/mol. The van der Waals surface area contributed by atoms with Gasteiger partial charge in [0.15, 0.2) is 0 Å². The minimum Gasteiger partial charge on any atom is -0.378 e. The first-order valence-corrected chi connectivity index (χ1v) is 7.61. The normalized spacial score (nSPS) is 21.2. The van der Waals surface area contributed by atoms with E-state index in [0.29, 0.717) is 12.1 Å². The molecule has 1 saturated heterocycles. The van der Waals surface area contributed by atoms with Crippen LogP contribution in [0.4, 0.5) is 0 Å². The van der Waals surface area contributed by atoms with Gasteiger partial charge in [0.05, 0.1) is 6.10 Å². The van der Waals surface area contributed by atoms with Gasteiger partial charge in [0.2, 0.25) is 0 Å². The Labute approximate surface area is 122 Å². The Balaban J connectivity index is 1.98. The van der Waals surface area contributed by atoms with Gasteiger partial charge in [-0.2, -0.15) is 0 Å². The Morgan fingerprint density at radius 3 is 2.94 bits per heavy atom. The second kappa shape index (κ2) is 6.90. The monoisotopic (exact) mass is 331 g/mol. The van der Waals surface area contributed by atoms with Crippen molar-refractivity contribution >= 4 is 27.5 Å². The van der Waals surface area contributed by atoms with Crippen LogP contribution in [0.25, 0.3) is 0 Å². The van der Waals surface area contributed by atoms with E-state index in [-0.39, 0.29) is 0 Å². The number of hydrogen-bond donors (Lipinski definition) is 1. The second-order valence-electron chi connectivity index (χ2n) is 4.76. The molecule has 2 atom stereocenters. The van der Waals surface area contributed by atoms with Gasteiger partial charge < -0.3 is 10.1 Å². The highest BCUT2D eigenvalue weighted by Gasteiger charge is 2.18. The molecule has 1 aromatic rings. The lowest BCUT2D eigenvalue weighted by molar-refractivity contribution is 0.0998. The SMILES string of the molecule is CNC(CCC1CCCO1)c1cc(Cl)cc(Br)c1. The summed E-state index contributed by atoms with van der Waals surface area (Å²) in [6, 6.07) is 6.41. The molecule has 4 heteroatoms. The van der Waals surface area contributed by atoms with Crippen molar-refractivity contribution in [2.75, 3.05) is 13.7 Å². The molecule has 0 aromatic heterocycles. The molecule has 0 aliphatic carbocycles. The molecule has 1 aliphatic heterocycles. The molecule has 2 nitrogen and oxygen atoms in total. The van der Waals surface area contributed by atoms with E-state index in [0.717, 1.165) is 28.9 Å². The third-order valence-corrected chi connectivity index (χ3v) is 4.11. The summed E-state index contributed by atoms with van der Waals surface area (Å²) in [6.07, 6.45) is 5.04. The van der Waals surface area contributed by atoms with Crippen molar-refractivity contribution in [3.8, 4) is 0 Å². The second-order valence-corrected chi connectivity index (χ2v) is 6.11. The van der Waals surface area contributed by atoms with E-state index in [1.165, 1.54) is 18.4 Å². The number of hydrogen-bond acceptors (Lipinski definition) is 2. The van der Waals surface area contributed by atoms with Crippen molar-refractivity contribution in [1.29, 1.82) is 0 Å². The van der Waals surface area contributed by atoms with Gasteiger partial charge >= 0.3 is 0 Å². The van der Waals surface area contributed by atoms with Gasteiger partial charge in [-0.25, -0.2) is 0 Å². The highest BCUT2D eigenvalue weighted by Crippen LogP contribution is 2.28. The molecule has 0 amide bonds. The maximum atomic E-state index is 6.10. The van der Waals surface area contributed by atoms with E-state index in [1.807, 2.05) is 19.2 Å². The van der Waals surface area contributed by atoms with Gasteiger partial charge in [-0.1, -0.05) is 27.5 Å². The quantitative estimate of drug-likeness (QED) is 0.867. The first kappa shape index (κ1) is 14.3. The van der Waals surface area contributed by atoms with Crippen molar-refractivity contribution in [3.05, 3.63) is 33.3 Å². The smallest absolute Gasteiger partial charge is 0.0576 e. The molecule has 1 aliphatic rings. The summed E-state index contributed by atoms with van der Waals surface area (Å²) >= 11 is 9.59. The summed E-state index contributed by atoms with van der Waals surface area (Å²) in [5.41, 5.74) is 1.23. The number of ether oxygens (including phenoxy) is 1. The Morgan fingerprint density at radius 2 is 2.33 bits per heavy atom. The molecular formula is C14H19BrClNO. The van der Waals surface area contributed by atoms with Gasteiger partial charge in [0, 0.05) is 22.1 Å². The lowest BCUT2D eigenvalue weighted by atomic mass is 9.99. The van der Waals surface area contributed by atoms with Gasteiger partial charge in [-0.3, -0.25) is 0 Å². The maximum Gasteiger partial charge on any atom is 0.0576 e. The van der Waals surface area contributed by atoms with Crippen molar-refractivity contribution in [1.82, 2.24) is 5.32 Å². The predicted octanol–water partition coefficient (Wildman–Crippen LogP) is 4.32. The van der Waals surface area contributed by atoms with Gasteiger partial charge in [0.25, 0.3) is 0 Å². The summed E-state index contributed by atoms with van der Waals surface area (Å²) in [5.74, 6) is 0. The number of halogens is 2. The van der Waals surface area contributed by atoms with E-state index in [4.69, 9.17) is 16.3 Å². The van der Waals surface area contributed by atoms with Crippen LogP contribution in [0.3, 0.4) is 0 Å². The van der Waals surface area contributed by atoms with E-state index >= 15 is 0 Å². The van der Waals surface area contributed by atoms with Crippen molar-refractivity contribution in [2.45, 2.75) is 37.8 Å². The molecule has 0 saturated carbocycles. The van der Waals surface area contributed by atoms with Crippen LogP contribution < -0.4 is 5.32 Å². The Hall–Kier alpha value is -0.0900. The van der Waals surface area contributed by atoms with Crippen LogP contribution in [0.15, 0.2) is 22.7 Å². The Morgan fingerprint density at radius 1 is 1.50 bits per heavy atom. The van der Waals surface area contributed by atoms with E-state index in [2.05, 4.69) is 27.3 Å². The molecule has 100 valence electrons. The standard InChI is InChI=1S/C14H19BrClNO/c1-17-14(5-4-13-3-2-6-18-13)10-7-11(15)9-12(16)8-10/h7-9,13-14,17H,2-6H2,1H3. The summed E-state index contributed by atoms with van der Waals surface area (Å²) < 4.78 is 6.70. The molecule has 1 aromatic carbocycles. The fourth-order valence-corrected chi connectivity index (χ4v) is 3.36. The number of benzene rings is 1. The maximum absolute atomic E-state index is 6.10. The van der Waals surface area contributed by atoms with Crippen molar-refractivity contribution in [3.63, 3.8) is 0 Å². The lowest BCUT2D eigenvalue weighted by Gasteiger charge is -2.19. The minimum absolute atomic E-state index is 0.337. The van der Waals surface area contributed by atoms with Gasteiger partial charge in [-0.05, 0) is 56.5 Å². The van der Waals surface area contributed by atoms with E-state index < -0.39 is 0 Å². The van der Waals surface area contributed by atoms with Crippen LogP contribution in [-0.4, -0.2) is 19.8 Å². The summed E-state index contributed by atoms with van der Waals surface area (Å²) in [5, 5.41) is 4.14. The zero-order chi connectivity index (χ0) is 13.0. The summed E-state index contributed by atoms with van der Waals surface area (Å²) in [6.45, 7) is 0.928. The molecule has 0 bridgehead atoms. The molecule has 18 heavy (non-hydrogen) atoms. The lowest BCUT2D eigenvalue weighted by Crippen LogP contribution is -2.18. The fourth-order valence-electron chi connectivity index (χ4n) is 2.48. The van der Waals surface area contributed by atoms with E-state index in [1.54, 1.807) is 0 Å². The summed E-state index contributed by atoms with van der Waals surface area (Å²) in [4.78, 5) is 0. The zero-order valence-electron chi connectivity index (χ0n) is 10.6.